The molecule has 0 unspecified atom stereocenters. The second kappa shape index (κ2) is 11.9. The highest BCUT2D eigenvalue weighted by atomic mass is 79.9. The first-order valence-corrected chi connectivity index (χ1v) is 11.4. The lowest BCUT2D eigenvalue weighted by Crippen LogP contribution is -2.01. The molecule has 2 rings (SSSR count). The Morgan fingerprint density at radius 1 is 0.615 bits per heavy atom. The number of fused-ring (bicyclic) bond motifs is 1. The predicted octanol–water partition coefficient (Wildman–Crippen LogP) is 8.28. The van der Waals surface area contributed by atoms with Crippen molar-refractivity contribution in [1.82, 2.24) is 0 Å². The van der Waals surface area contributed by atoms with Gasteiger partial charge in [0.2, 0.25) is 0 Å². The van der Waals surface area contributed by atoms with Crippen LogP contribution in [-0.4, -0.2) is 13.2 Å². The molecule has 4 heteroatoms. The maximum Gasteiger partial charge on any atom is 0.128 e. The van der Waals surface area contributed by atoms with E-state index in [9.17, 15) is 0 Å². The summed E-state index contributed by atoms with van der Waals surface area (Å²) in [6.45, 7) is 5.96. The van der Waals surface area contributed by atoms with Crippen LogP contribution in [0.25, 0.3) is 10.8 Å². The van der Waals surface area contributed by atoms with E-state index in [2.05, 4.69) is 57.8 Å². The zero-order valence-electron chi connectivity index (χ0n) is 16.0. The number of benzene rings is 2. The first kappa shape index (κ1) is 21.6. The van der Waals surface area contributed by atoms with Gasteiger partial charge < -0.3 is 9.47 Å². The molecule has 0 spiro atoms. The minimum atomic E-state index is 0.755. The van der Waals surface area contributed by atoms with Crippen molar-refractivity contribution in [1.29, 1.82) is 0 Å². The van der Waals surface area contributed by atoms with E-state index in [4.69, 9.17) is 9.47 Å². The molecule has 144 valence electrons. The molecule has 0 saturated carbocycles. The molecular formula is C22H30Br2O2. The van der Waals surface area contributed by atoms with Gasteiger partial charge in [0.05, 0.1) is 13.2 Å². The summed E-state index contributed by atoms with van der Waals surface area (Å²) in [7, 11) is 0. The number of ether oxygens (including phenoxy) is 2. The normalized spacial score (nSPS) is 11.1. The first-order chi connectivity index (χ1) is 12.7. The van der Waals surface area contributed by atoms with Gasteiger partial charge in [-0.2, -0.15) is 0 Å². The molecule has 2 aromatic carbocycles. The number of hydrogen-bond acceptors (Lipinski definition) is 2. The molecule has 0 N–H and O–H groups in total. The standard InChI is InChI=1S/C22H30Br2O2/c1-3-5-7-9-15-25-19-13-11-18(24)22-20(14-12-17(23)21(19)22)26-16-10-8-6-4-2/h11-14H,3-10,15-16H2,1-2H3. The van der Waals surface area contributed by atoms with Crippen molar-refractivity contribution in [3.05, 3.63) is 33.2 Å². The summed E-state index contributed by atoms with van der Waals surface area (Å²) in [6.07, 6.45) is 9.65. The summed E-state index contributed by atoms with van der Waals surface area (Å²) < 4.78 is 14.3. The molecule has 0 heterocycles. The molecule has 0 aliphatic carbocycles. The Bertz CT molecular complexity index is 626. The minimum Gasteiger partial charge on any atom is -0.493 e. The van der Waals surface area contributed by atoms with Gasteiger partial charge in [-0.05, 0) is 37.1 Å². The van der Waals surface area contributed by atoms with Gasteiger partial charge in [-0.25, -0.2) is 0 Å². The van der Waals surface area contributed by atoms with Crippen molar-refractivity contribution in [3.63, 3.8) is 0 Å². The average molecular weight is 486 g/mol. The Hall–Kier alpha value is -0.740. The molecule has 0 aliphatic rings. The lowest BCUT2D eigenvalue weighted by molar-refractivity contribution is 0.305. The molecular weight excluding hydrogens is 456 g/mol. The van der Waals surface area contributed by atoms with Crippen LogP contribution in [0.15, 0.2) is 33.2 Å². The van der Waals surface area contributed by atoms with Crippen LogP contribution in [0.4, 0.5) is 0 Å². The fourth-order valence-corrected chi connectivity index (χ4v) is 4.07. The first-order valence-electron chi connectivity index (χ1n) is 9.85. The van der Waals surface area contributed by atoms with Crippen molar-refractivity contribution in [3.8, 4) is 11.5 Å². The van der Waals surface area contributed by atoms with Gasteiger partial charge in [-0.15, -0.1) is 0 Å². The molecule has 2 aromatic rings. The van der Waals surface area contributed by atoms with E-state index in [-0.39, 0.29) is 0 Å². The zero-order chi connectivity index (χ0) is 18.8. The van der Waals surface area contributed by atoms with E-state index in [0.29, 0.717) is 0 Å². The highest BCUT2D eigenvalue weighted by Crippen LogP contribution is 2.42. The Balaban J connectivity index is 2.16. The minimum absolute atomic E-state index is 0.755. The third kappa shape index (κ3) is 6.16. The Labute approximate surface area is 174 Å². The summed E-state index contributed by atoms with van der Waals surface area (Å²) in [5.74, 6) is 1.84. The lowest BCUT2D eigenvalue weighted by Gasteiger charge is -2.15. The SMILES string of the molecule is CCCCCCOc1ccc(Br)c2c(OCCCCCC)ccc(Br)c12. The maximum absolute atomic E-state index is 6.11. The van der Waals surface area contributed by atoms with Crippen molar-refractivity contribution >= 4 is 42.6 Å². The Kier molecular flexibility index (Phi) is 9.84. The molecule has 2 nitrogen and oxygen atoms in total. The van der Waals surface area contributed by atoms with Gasteiger partial charge in [0, 0.05) is 19.7 Å². The van der Waals surface area contributed by atoms with Crippen LogP contribution in [0.1, 0.15) is 65.2 Å². The third-order valence-electron chi connectivity index (χ3n) is 4.49. The zero-order valence-corrected chi connectivity index (χ0v) is 19.1. The average Bonchev–Trinajstić information content (AvgIpc) is 2.64. The van der Waals surface area contributed by atoms with Crippen LogP contribution in [0.2, 0.25) is 0 Å². The predicted molar refractivity (Wildman–Crippen MR) is 119 cm³/mol. The Morgan fingerprint density at radius 3 is 1.42 bits per heavy atom. The summed E-state index contributed by atoms with van der Waals surface area (Å²) in [6, 6.07) is 8.20. The van der Waals surface area contributed by atoms with E-state index < -0.39 is 0 Å². The van der Waals surface area contributed by atoms with Gasteiger partial charge in [-0.3, -0.25) is 0 Å². The topological polar surface area (TPSA) is 18.5 Å². The molecule has 0 aliphatic heterocycles. The fraction of sp³-hybridized carbons (Fsp3) is 0.545. The molecule has 0 fully saturated rings. The maximum atomic E-state index is 6.11. The van der Waals surface area contributed by atoms with E-state index in [1.807, 2.05) is 12.1 Å². The van der Waals surface area contributed by atoms with E-state index in [0.717, 1.165) is 57.3 Å². The second-order valence-corrected chi connectivity index (χ2v) is 8.37. The van der Waals surface area contributed by atoms with Gasteiger partial charge in [0.1, 0.15) is 11.5 Å². The smallest absolute Gasteiger partial charge is 0.128 e. The largest absolute Gasteiger partial charge is 0.493 e. The van der Waals surface area contributed by atoms with Crippen LogP contribution in [0, 0.1) is 0 Å². The van der Waals surface area contributed by atoms with Crippen LogP contribution >= 0.6 is 31.9 Å². The van der Waals surface area contributed by atoms with Crippen molar-refractivity contribution in [2.75, 3.05) is 13.2 Å². The molecule has 26 heavy (non-hydrogen) atoms. The molecule has 0 amide bonds. The van der Waals surface area contributed by atoms with E-state index in [1.165, 1.54) is 38.5 Å². The van der Waals surface area contributed by atoms with Gasteiger partial charge in [0.15, 0.2) is 0 Å². The number of hydrogen-bond donors (Lipinski definition) is 0. The van der Waals surface area contributed by atoms with E-state index in [1.54, 1.807) is 0 Å². The second-order valence-electron chi connectivity index (χ2n) is 6.66. The molecule has 0 saturated heterocycles. The van der Waals surface area contributed by atoms with Gasteiger partial charge in [0.25, 0.3) is 0 Å². The monoisotopic (exact) mass is 484 g/mol. The van der Waals surface area contributed by atoms with Crippen molar-refractivity contribution in [2.24, 2.45) is 0 Å². The molecule has 0 radical (unpaired) electrons. The van der Waals surface area contributed by atoms with Crippen LogP contribution in [0.3, 0.4) is 0 Å². The van der Waals surface area contributed by atoms with Crippen molar-refractivity contribution in [2.45, 2.75) is 65.2 Å². The van der Waals surface area contributed by atoms with Crippen LogP contribution in [0.5, 0.6) is 11.5 Å². The number of halogens is 2. The van der Waals surface area contributed by atoms with Crippen molar-refractivity contribution < 1.29 is 9.47 Å². The van der Waals surface area contributed by atoms with E-state index >= 15 is 0 Å². The van der Waals surface area contributed by atoms with Gasteiger partial charge >= 0.3 is 0 Å². The fourth-order valence-electron chi connectivity index (χ4n) is 3.01. The summed E-state index contributed by atoms with van der Waals surface area (Å²) in [5.41, 5.74) is 0. The van der Waals surface area contributed by atoms with Gasteiger partial charge in [-0.1, -0.05) is 84.2 Å². The third-order valence-corrected chi connectivity index (χ3v) is 5.82. The highest BCUT2D eigenvalue weighted by molar-refractivity contribution is 9.11. The Morgan fingerprint density at radius 2 is 1.04 bits per heavy atom. The summed E-state index contributed by atoms with van der Waals surface area (Å²) in [4.78, 5) is 0. The molecule has 0 bridgehead atoms. The van der Waals surface area contributed by atoms with Crippen LogP contribution in [-0.2, 0) is 0 Å². The molecule has 0 aromatic heterocycles. The quantitative estimate of drug-likeness (QED) is 0.281. The number of rotatable bonds is 12. The molecule has 0 atom stereocenters. The number of unbranched alkanes of at least 4 members (excludes halogenated alkanes) is 6. The summed E-state index contributed by atoms with van der Waals surface area (Å²) in [5, 5.41) is 2.17. The lowest BCUT2D eigenvalue weighted by atomic mass is 10.1. The summed E-state index contributed by atoms with van der Waals surface area (Å²) >= 11 is 7.39. The highest BCUT2D eigenvalue weighted by Gasteiger charge is 2.14. The van der Waals surface area contributed by atoms with Crippen LogP contribution < -0.4 is 9.47 Å².